The molecule has 0 aliphatic carbocycles. The van der Waals surface area contributed by atoms with Gasteiger partial charge in [-0.05, 0) is 43.8 Å². The minimum absolute atomic E-state index is 0.161. The first kappa shape index (κ1) is 13.3. The van der Waals surface area contributed by atoms with Crippen molar-refractivity contribution in [2.45, 2.75) is 31.7 Å². The molecule has 2 rings (SSSR count). The number of anilines is 1. The third-order valence-electron chi connectivity index (χ3n) is 3.14. The number of halogens is 1. The van der Waals surface area contributed by atoms with E-state index in [-0.39, 0.29) is 11.3 Å². The molecule has 0 aromatic carbocycles. The predicted molar refractivity (Wildman–Crippen MR) is 70.0 cm³/mol. The normalized spacial score (nSPS) is 19.9. The first-order chi connectivity index (χ1) is 8.74. The summed E-state index contributed by atoms with van der Waals surface area (Å²) in [6.07, 6.45) is 4.40. The first-order valence-electron chi connectivity index (χ1n) is 6.17. The summed E-state index contributed by atoms with van der Waals surface area (Å²) in [5, 5.41) is 0.161. The lowest BCUT2D eigenvalue weighted by molar-refractivity contribution is 0.374. The molecule has 1 aliphatic rings. The van der Waals surface area contributed by atoms with Crippen molar-refractivity contribution in [1.29, 1.82) is 0 Å². The number of nitrogens with two attached hydrogens (primary N) is 1. The number of aromatic nitrogens is 3. The van der Waals surface area contributed by atoms with Crippen LogP contribution in [-0.4, -0.2) is 41.2 Å². The van der Waals surface area contributed by atoms with E-state index in [1.54, 1.807) is 0 Å². The average molecular weight is 272 g/mol. The van der Waals surface area contributed by atoms with Gasteiger partial charge in [0.15, 0.2) is 0 Å². The van der Waals surface area contributed by atoms with Crippen molar-refractivity contribution < 1.29 is 4.74 Å². The standard InChI is InChI=1S/C11H18ClN5O/c1-18-11-15-9(12)14-10(16-11)17-7-3-2-4-8(17)5-6-13/h8H,2-7,13H2,1H3. The Morgan fingerprint density at radius 3 is 2.94 bits per heavy atom. The average Bonchev–Trinajstić information content (AvgIpc) is 2.39. The van der Waals surface area contributed by atoms with E-state index in [0.29, 0.717) is 18.5 Å². The molecule has 0 spiro atoms. The molecular weight excluding hydrogens is 254 g/mol. The number of rotatable bonds is 4. The lowest BCUT2D eigenvalue weighted by atomic mass is 10.00. The van der Waals surface area contributed by atoms with E-state index in [1.807, 2.05) is 0 Å². The van der Waals surface area contributed by atoms with Gasteiger partial charge in [-0.3, -0.25) is 0 Å². The molecule has 1 aromatic heterocycles. The van der Waals surface area contributed by atoms with Gasteiger partial charge in [-0.15, -0.1) is 0 Å². The second-order valence-corrected chi connectivity index (χ2v) is 4.65. The van der Waals surface area contributed by atoms with Crippen LogP contribution in [0.5, 0.6) is 6.01 Å². The third-order valence-corrected chi connectivity index (χ3v) is 3.31. The minimum atomic E-state index is 0.161. The molecule has 0 saturated carbocycles. The van der Waals surface area contributed by atoms with Crippen molar-refractivity contribution in [3.05, 3.63) is 5.28 Å². The summed E-state index contributed by atoms with van der Waals surface area (Å²) in [5.74, 6) is 0.588. The van der Waals surface area contributed by atoms with Crippen LogP contribution in [0.25, 0.3) is 0 Å². The van der Waals surface area contributed by atoms with Gasteiger partial charge in [0.2, 0.25) is 11.2 Å². The molecule has 100 valence electrons. The molecule has 1 unspecified atom stereocenters. The summed E-state index contributed by atoms with van der Waals surface area (Å²) >= 11 is 5.88. The second-order valence-electron chi connectivity index (χ2n) is 4.31. The van der Waals surface area contributed by atoms with Crippen molar-refractivity contribution in [3.8, 4) is 6.01 Å². The molecular formula is C11H18ClN5O. The number of hydrogen-bond donors (Lipinski definition) is 1. The Morgan fingerprint density at radius 1 is 1.39 bits per heavy atom. The molecule has 2 heterocycles. The molecule has 1 aromatic rings. The topological polar surface area (TPSA) is 77.2 Å². The van der Waals surface area contributed by atoms with E-state index in [9.17, 15) is 0 Å². The Hall–Kier alpha value is -1.14. The SMILES string of the molecule is COc1nc(Cl)nc(N2CCCCC2CCN)n1. The van der Waals surface area contributed by atoms with Crippen molar-refractivity contribution in [1.82, 2.24) is 15.0 Å². The highest BCUT2D eigenvalue weighted by molar-refractivity contribution is 6.28. The quantitative estimate of drug-likeness (QED) is 0.888. The second kappa shape index (κ2) is 6.15. The number of hydrogen-bond acceptors (Lipinski definition) is 6. The van der Waals surface area contributed by atoms with Crippen LogP contribution in [0.3, 0.4) is 0 Å². The van der Waals surface area contributed by atoms with Crippen molar-refractivity contribution in [2.75, 3.05) is 25.1 Å². The summed E-state index contributed by atoms with van der Waals surface area (Å²) < 4.78 is 5.02. The molecule has 0 amide bonds. The molecule has 1 aliphatic heterocycles. The zero-order chi connectivity index (χ0) is 13.0. The van der Waals surface area contributed by atoms with Gasteiger partial charge in [0.25, 0.3) is 0 Å². The van der Waals surface area contributed by atoms with Crippen molar-refractivity contribution >= 4 is 17.5 Å². The molecule has 2 N–H and O–H groups in total. The van der Waals surface area contributed by atoms with Crippen LogP contribution in [0, 0.1) is 0 Å². The van der Waals surface area contributed by atoms with Crippen molar-refractivity contribution in [2.24, 2.45) is 5.73 Å². The van der Waals surface area contributed by atoms with Gasteiger partial charge in [-0.25, -0.2) is 0 Å². The van der Waals surface area contributed by atoms with Gasteiger partial charge in [-0.2, -0.15) is 15.0 Å². The number of piperidine rings is 1. The van der Waals surface area contributed by atoms with Crippen LogP contribution >= 0.6 is 11.6 Å². The summed E-state index contributed by atoms with van der Waals surface area (Å²) in [7, 11) is 1.52. The molecule has 7 heteroatoms. The van der Waals surface area contributed by atoms with Crippen LogP contribution in [0.1, 0.15) is 25.7 Å². The zero-order valence-electron chi connectivity index (χ0n) is 10.5. The van der Waals surface area contributed by atoms with E-state index in [4.69, 9.17) is 22.1 Å². The van der Waals surface area contributed by atoms with Crippen LogP contribution in [0.2, 0.25) is 5.28 Å². The molecule has 1 saturated heterocycles. The Bertz CT molecular complexity index is 401. The Balaban J connectivity index is 2.24. The van der Waals surface area contributed by atoms with E-state index in [2.05, 4.69) is 19.9 Å². The smallest absolute Gasteiger partial charge is 0.322 e. The van der Waals surface area contributed by atoms with Crippen LogP contribution in [0.4, 0.5) is 5.95 Å². The fraction of sp³-hybridized carbons (Fsp3) is 0.727. The Labute approximate surface area is 112 Å². The third kappa shape index (κ3) is 3.00. The van der Waals surface area contributed by atoms with E-state index in [1.165, 1.54) is 13.5 Å². The maximum Gasteiger partial charge on any atom is 0.322 e. The molecule has 18 heavy (non-hydrogen) atoms. The number of ether oxygens (including phenoxy) is 1. The molecule has 1 atom stereocenters. The van der Waals surface area contributed by atoms with Gasteiger partial charge < -0.3 is 15.4 Å². The fourth-order valence-electron chi connectivity index (χ4n) is 2.30. The maximum absolute atomic E-state index is 5.88. The molecule has 6 nitrogen and oxygen atoms in total. The van der Waals surface area contributed by atoms with Crippen LogP contribution in [0.15, 0.2) is 0 Å². The largest absolute Gasteiger partial charge is 0.467 e. The van der Waals surface area contributed by atoms with Gasteiger partial charge in [0.1, 0.15) is 0 Å². The highest BCUT2D eigenvalue weighted by Gasteiger charge is 2.25. The molecule has 0 bridgehead atoms. The first-order valence-corrected chi connectivity index (χ1v) is 6.54. The monoisotopic (exact) mass is 271 g/mol. The van der Waals surface area contributed by atoms with Gasteiger partial charge in [-0.1, -0.05) is 0 Å². The predicted octanol–water partition coefficient (Wildman–Crippen LogP) is 1.24. The summed E-state index contributed by atoms with van der Waals surface area (Å²) in [4.78, 5) is 14.5. The van der Waals surface area contributed by atoms with Gasteiger partial charge >= 0.3 is 6.01 Å². The maximum atomic E-state index is 5.88. The Morgan fingerprint density at radius 2 is 2.22 bits per heavy atom. The minimum Gasteiger partial charge on any atom is -0.467 e. The van der Waals surface area contributed by atoms with E-state index < -0.39 is 0 Å². The number of methoxy groups -OCH3 is 1. The van der Waals surface area contributed by atoms with Gasteiger partial charge in [0, 0.05) is 12.6 Å². The highest BCUT2D eigenvalue weighted by atomic mass is 35.5. The fourth-order valence-corrected chi connectivity index (χ4v) is 2.45. The van der Waals surface area contributed by atoms with Crippen LogP contribution in [-0.2, 0) is 0 Å². The van der Waals surface area contributed by atoms with Crippen LogP contribution < -0.4 is 15.4 Å². The zero-order valence-corrected chi connectivity index (χ0v) is 11.2. The van der Waals surface area contributed by atoms with Gasteiger partial charge in [0.05, 0.1) is 7.11 Å². The lowest BCUT2D eigenvalue weighted by Crippen LogP contribution is -2.41. The Kier molecular flexibility index (Phi) is 4.54. The number of nitrogens with zero attached hydrogens (tertiary/aromatic N) is 4. The lowest BCUT2D eigenvalue weighted by Gasteiger charge is -2.35. The molecule has 1 fully saturated rings. The van der Waals surface area contributed by atoms with E-state index >= 15 is 0 Å². The summed E-state index contributed by atoms with van der Waals surface area (Å²) in [6, 6.07) is 0.633. The summed E-state index contributed by atoms with van der Waals surface area (Å²) in [5.41, 5.74) is 5.66. The summed E-state index contributed by atoms with van der Waals surface area (Å²) in [6.45, 7) is 1.59. The van der Waals surface area contributed by atoms with E-state index in [0.717, 1.165) is 25.8 Å². The molecule has 0 radical (unpaired) electrons. The van der Waals surface area contributed by atoms with Crippen molar-refractivity contribution in [3.63, 3.8) is 0 Å². The highest BCUT2D eigenvalue weighted by Crippen LogP contribution is 2.25.